The number of hydrogen-bond donors (Lipinski definition) is 4. The minimum absolute atomic E-state index is 0.00858. The van der Waals surface area contributed by atoms with Crippen LogP contribution in [0.15, 0.2) is 185 Å². The number of carbonyl (C=O) groups is 5. The van der Waals surface area contributed by atoms with Gasteiger partial charge in [0, 0.05) is 227 Å². The number of Topliss-reactive ketones (excluding diaryl/α,β-unsaturated/α-hetero) is 1. The Morgan fingerprint density at radius 1 is 0.362 bits per heavy atom. The monoisotopic (exact) mass is 2040 g/mol. The third-order valence-corrected chi connectivity index (χ3v) is 27.2. The molecule has 0 bridgehead atoms. The second-order valence-electron chi connectivity index (χ2n) is 35.9. The Labute approximate surface area is 845 Å². The number of aromatic nitrogens is 26. The summed E-state index contributed by atoms with van der Waals surface area (Å²) in [6, 6.07) is 15.2. The average Bonchev–Trinajstić information content (AvgIpc) is 1.43. The van der Waals surface area contributed by atoms with E-state index in [2.05, 4.69) is 89.7 Å². The fourth-order valence-electron chi connectivity index (χ4n) is 19.2. The summed E-state index contributed by atoms with van der Waals surface area (Å²) in [5.41, 5.74) is 6.48. The van der Waals surface area contributed by atoms with Crippen LogP contribution in [0.5, 0.6) is 0 Å². The maximum atomic E-state index is 13.2. The lowest BCUT2D eigenvalue weighted by molar-refractivity contribution is -0.137. The smallest absolute Gasteiger partial charge is 0.329 e. The molecular formula is C99H99N31O18S. The minimum atomic E-state index is -0.539. The quantitative estimate of drug-likeness (QED) is 0.0438. The number of nitrogens with zero attached hydrogens (tertiary/aromatic N) is 27. The highest BCUT2D eigenvalue weighted by Gasteiger charge is 2.34. The van der Waals surface area contributed by atoms with E-state index >= 15 is 0 Å². The molecule has 17 aromatic heterocycles. The number of amides is 4. The Balaban J connectivity index is 0.000000125. The van der Waals surface area contributed by atoms with Crippen LogP contribution in [0, 0.1) is 0 Å². The summed E-state index contributed by atoms with van der Waals surface area (Å²) in [6.07, 6.45) is 29.0. The SMILES string of the molecule is COCC(=O)N1CCC(n2c(=O)[nH]c(=O)c3cnc4ccc(-c5cnc(-n6cccn6)nc5)nc4c32)CC1.COCC(=O)N1CCC(n2c(=O)[nH]c(=O)c3cnc4ccc(-c5cnc(CC(C)=O)nc5)nc4c32)CC1.COCC(=O)N1CCC(n2c(=O)[nH]c(=O)c3cnc4ccc(-c5cnc(N6CCOCC6)nc5)nc4c32)CC1.COCC(=O)N1CCC(n2c(=O)[nH]c(=O)c3cnc4ccc(-c5cnc(SC)nc5)nc4c32)CC1. The number of piperidine rings is 4. The van der Waals surface area contributed by atoms with Crippen molar-refractivity contribution in [2.45, 2.75) is 94.0 Å². The lowest BCUT2D eigenvalue weighted by Gasteiger charge is -2.33. The van der Waals surface area contributed by atoms with Crippen LogP contribution in [0.4, 0.5) is 5.95 Å². The number of ketones is 1. The van der Waals surface area contributed by atoms with Gasteiger partial charge in [-0.25, -0.2) is 83.7 Å². The summed E-state index contributed by atoms with van der Waals surface area (Å²) in [5.74, 6) is 1.07. The first-order valence-corrected chi connectivity index (χ1v) is 49.1. The van der Waals surface area contributed by atoms with Crippen molar-refractivity contribution < 1.29 is 47.7 Å². The van der Waals surface area contributed by atoms with Gasteiger partial charge in [-0.05, 0) is 119 Å². The van der Waals surface area contributed by atoms with Crippen molar-refractivity contribution in [1.29, 1.82) is 0 Å². The highest BCUT2D eigenvalue weighted by Crippen LogP contribution is 2.36. The Morgan fingerprint density at radius 2 is 0.644 bits per heavy atom. The number of thioether (sulfide) groups is 1. The van der Waals surface area contributed by atoms with Crippen molar-refractivity contribution in [2.75, 3.05) is 145 Å². The predicted octanol–water partition coefficient (Wildman–Crippen LogP) is 4.48. The van der Waals surface area contributed by atoms with Gasteiger partial charge >= 0.3 is 22.8 Å². The number of fused-ring (bicyclic) bond motifs is 12. The molecule has 22 rings (SSSR count). The number of rotatable bonds is 21. The van der Waals surface area contributed by atoms with Crippen LogP contribution >= 0.6 is 11.8 Å². The van der Waals surface area contributed by atoms with Crippen LogP contribution in [0.1, 0.15) is 88.3 Å². The molecule has 0 unspecified atom stereocenters. The van der Waals surface area contributed by atoms with Gasteiger partial charge < -0.3 is 48.2 Å². The zero-order valence-corrected chi connectivity index (χ0v) is 82.4. The number of morpholine rings is 1. The fourth-order valence-corrected chi connectivity index (χ4v) is 19.6. The third-order valence-electron chi connectivity index (χ3n) is 26.6. The van der Waals surface area contributed by atoms with Crippen LogP contribution in [-0.2, 0) is 54.1 Å². The van der Waals surface area contributed by atoms with Gasteiger partial charge in [0.1, 0.15) is 60.1 Å². The van der Waals surface area contributed by atoms with Gasteiger partial charge in [0.15, 0.2) is 5.16 Å². The van der Waals surface area contributed by atoms with Crippen LogP contribution in [0.2, 0.25) is 0 Å². The van der Waals surface area contributed by atoms with E-state index in [1.807, 2.05) is 30.5 Å². The summed E-state index contributed by atoms with van der Waals surface area (Å²) >= 11 is 1.44. The minimum Gasteiger partial charge on any atom is -0.378 e. The number of likely N-dealkylation sites (tertiary alicyclic amines) is 4. The lowest BCUT2D eigenvalue weighted by Crippen LogP contribution is -2.43. The van der Waals surface area contributed by atoms with E-state index in [9.17, 15) is 62.3 Å². The molecule has 5 aliphatic heterocycles. The summed E-state index contributed by atoms with van der Waals surface area (Å²) < 4.78 is 33.2. The summed E-state index contributed by atoms with van der Waals surface area (Å²) in [7, 11) is 5.93. The van der Waals surface area contributed by atoms with E-state index < -0.39 is 45.0 Å². The average molecular weight is 2040 g/mol. The zero-order chi connectivity index (χ0) is 104. The molecule has 149 heavy (non-hydrogen) atoms. The van der Waals surface area contributed by atoms with Crippen LogP contribution < -0.4 is 49.9 Å². The topological polar surface area (TPSA) is 591 Å². The molecule has 0 saturated carbocycles. The molecule has 0 aromatic carbocycles. The fraction of sp³-hybridized carbons (Fsp3) is 0.354. The highest BCUT2D eigenvalue weighted by molar-refractivity contribution is 7.98. The molecule has 0 radical (unpaired) electrons. The molecule has 0 spiro atoms. The van der Waals surface area contributed by atoms with Gasteiger partial charge in [0.2, 0.25) is 35.5 Å². The van der Waals surface area contributed by atoms with Crippen LogP contribution in [0.3, 0.4) is 0 Å². The maximum Gasteiger partial charge on any atom is 0.329 e. The molecular weight excluding hydrogens is 1940 g/mol. The Bertz CT molecular complexity index is 8510. The summed E-state index contributed by atoms with van der Waals surface area (Å²) in [5, 5.41) is 5.87. The van der Waals surface area contributed by atoms with Gasteiger partial charge in [-0.3, -0.25) is 101 Å². The molecule has 4 N–H and O–H groups in total. The Morgan fingerprint density at radius 3 is 0.913 bits per heavy atom. The molecule has 17 aromatic rings. The number of ether oxygens (including phenoxy) is 5. The number of anilines is 1. The molecule has 0 atom stereocenters. The van der Waals surface area contributed by atoms with Crippen molar-refractivity contribution in [3.63, 3.8) is 0 Å². The largest absolute Gasteiger partial charge is 0.378 e. The summed E-state index contributed by atoms with van der Waals surface area (Å²) in [6.45, 7) is 8.10. The number of methoxy groups -OCH3 is 4. The van der Waals surface area contributed by atoms with Crippen molar-refractivity contribution in [3.8, 4) is 51.0 Å². The van der Waals surface area contributed by atoms with Crippen LogP contribution in [-0.4, -0.2) is 317 Å². The van der Waals surface area contributed by atoms with Crippen LogP contribution in [0.25, 0.3) is 139 Å². The van der Waals surface area contributed by atoms with Gasteiger partial charge in [0.05, 0.1) is 108 Å². The van der Waals surface area contributed by atoms with E-state index in [0.29, 0.717) is 251 Å². The van der Waals surface area contributed by atoms with Gasteiger partial charge in [-0.2, -0.15) is 5.10 Å². The molecule has 50 heteroatoms. The number of carbonyl (C=O) groups excluding carboxylic acids is 5. The van der Waals surface area contributed by atoms with Gasteiger partial charge in [0.25, 0.3) is 22.2 Å². The number of hydrogen-bond acceptors (Lipinski definition) is 37. The van der Waals surface area contributed by atoms with E-state index in [0.717, 1.165) is 13.1 Å². The first-order valence-electron chi connectivity index (χ1n) is 47.9. The number of aromatic amines is 4. The van der Waals surface area contributed by atoms with Gasteiger partial charge in [-0.15, -0.1) is 0 Å². The van der Waals surface area contributed by atoms with Crippen molar-refractivity contribution in [1.82, 2.24) is 147 Å². The third kappa shape index (κ3) is 21.3. The standard InChI is InChI=1S/C26H28N8O5.C25H23N9O4.C25H25N7O5.C23H23N7O4S/c1-38-15-21(35)32-6-4-17(5-7-32)34-23-18(24(36)31-26(34)37)14-27-20-3-2-19(30-22(20)23)16-12-28-25(29-13-16)33-8-10-39-11-9-33;1-38-14-20(35)32-9-5-16(6-10-32)34-22-17(23(36)31-25(34)37)13-26-19-4-3-18(30-21(19)22)15-11-27-24(28-12-15)33-8-2-7-29-33;1-14(33)9-20-27-10-15(11-28-20)18-3-4-19-22(29-18)23-17(12-26-19)24(35)30-25(36)32(23)16-5-7-31(8-6-16)21(34)13-37-2;1-34-12-18(31)29-7-5-14(6-8-29)30-20-15(21(32)28-23(30)33)11-24-17-4-3-16(27-19(17)20)13-9-25-22(35-2)26-10-13/h2-3,12-14,17H,4-11,15H2,1H3,(H,31,36,37);2-4,7-8,11-13,16H,5-6,9-10,14H2,1H3,(H,31,36,37);3-4,10-12,16H,5-9,13H2,1-2H3,(H,30,35,36);3-4,9-11,14H,5-8,12H2,1-2H3,(H,28,32,33). The van der Waals surface area contributed by atoms with Crippen molar-refractivity contribution in [3.05, 3.63) is 231 Å². The van der Waals surface area contributed by atoms with E-state index in [1.165, 1.54) is 71.9 Å². The van der Waals surface area contributed by atoms with E-state index in [-0.39, 0.29) is 108 Å². The number of H-pyrrole nitrogens is 4. The lowest BCUT2D eigenvalue weighted by atomic mass is 10.0. The second kappa shape index (κ2) is 44.5. The molecule has 5 aliphatic rings. The molecule has 5 saturated heterocycles. The van der Waals surface area contributed by atoms with Gasteiger partial charge in [-0.1, -0.05) is 11.8 Å². The Kier molecular flexibility index (Phi) is 30.1. The first kappa shape index (κ1) is 101. The number of pyridine rings is 8. The summed E-state index contributed by atoms with van der Waals surface area (Å²) in [4.78, 5) is 254. The normalized spacial score (nSPS) is 15.1. The number of nitrogens with one attached hydrogen (secondary N) is 4. The second-order valence-corrected chi connectivity index (χ2v) is 36.6. The molecule has 5 fully saturated rings. The first-order chi connectivity index (χ1) is 72.4. The maximum absolute atomic E-state index is 13.2. The predicted molar refractivity (Wildman–Crippen MR) is 545 cm³/mol. The molecule has 4 amide bonds. The molecule has 49 nitrogen and oxygen atoms in total. The van der Waals surface area contributed by atoms with Crippen molar-refractivity contribution in [2.24, 2.45) is 0 Å². The molecule has 764 valence electrons. The molecule has 22 heterocycles. The Hall–Kier alpha value is -17.0. The van der Waals surface area contributed by atoms with Crippen molar-refractivity contribution >= 4 is 135 Å². The zero-order valence-electron chi connectivity index (χ0n) is 81.6. The molecule has 0 aliphatic carbocycles. The highest BCUT2D eigenvalue weighted by atomic mass is 32.2. The van der Waals surface area contributed by atoms with E-state index in [1.54, 1.807) is 135 Å². The van der Waals surface area contributed by atoms with E-state index in [4.69, 9.17) is 43.6 Å².